The number of amides is 1. The van der Waals surface area contributed by atoms with Crippen LogP contribution in [0.15, 0.2) is 72.3 Å². The van der Waals surface area contributed by atoms with E-state index in [-0.39, 0.29) is 17.1 Å². The maximum Gasteiger partial charge on any atom is 0.300 e. The summed E-state index contributed by atoms with van der Waals surface area (Å²) in [6, 6.07) is 17.8. The number of phenols is 1. The summed E-state index contributed by atoms with van der Waals surface area (Å²) in [5, 5.41) is 21.1. The molecule has 4 rings (SSSR count). The van der Waals surface area contributed by atoms with Crippen molar-refractivity contribution in [2.75, 3.05) is 12.0 Å². The van der Waals surface area contributed by atoms with Gasteiger partial charge in [-0.25, -0.2) is 0 Å². The van der Waals surface area contributed by atoms with Crippen LogP contribution in [0.1, 0.15) is 28.3 Å². The fourth-order valence-electron chi connectivity index (χ4n) is 4.02. The molecule has 2 N–H and O–H groups in total. The Morgan fingerprint density at radius 1 is 0.969 bits per heavy atom. The minimum Gasteiger partial charge on any atom is -0.508 e. The second kappa shape index (κ2) is 8.23. The highest BCUT2D eigenvalue weighted by molar-refractivity contribution is 6.52. The van der Waals surface area contributed by atoms with Gasteiger partial charge >= 0.3 is 0 Å². The van der Waals surface area contributed by atoms with Gasteiger partial charge in [0.25, 0.3) is 11.7 Å². The molecule has 1 unspecified atom stereocenters. The molecule has 1 aliphatic heterocycles. The number of Topliss-reactive ketones (excluding diaryl/α,β-unsaturated/α-hetero) is 1. The van der Waals surface area contributed by atoms with Crippen molar-refractivity contribution in [2.45, 2.75) is 19.9 Å². The predicted molar refractivity (Wildman–Crippen MR) is 122 cm³/mol. The fraction of sp³-hybridized carbons (Fsp3) is 0.154. The van der Waals surface area contributed by atoms with Crippen LogP contribution < -0.4 is 9.64 Å². The van der Waals surface area contributed by atoms with Gasteiger partial charge in [-0.15, -0.1) is 0 Å². The Balaban J connectivity index is 2.00. The number of anilines is 1. The van der Waals surface area contributed by atoms with E-state index in [9.17, 15) is 19.8 Å². The second-order valence-corrected chi connectivity index (χ2v) is 7.75. The Bertz CT molecular complexity index is 1240. The Hall–Kier alpha value is -4.06. The molecule has 1 fully saturated rings. The van der Waals surface area contributed by atoms with E-state index in [0.29, 0.717) is 22.6 Å². The lowest BCUT2D eigenvalue weighted by atomic mass is 9.93. The van der Waals surface area contributed by atoms with Gasteiger partial charge in [0, 0.05) is 5.56 Å². The van der Waals surface area contributed by atoms with E-state index in [1.807, 2.05) is 26.0 Å². The normalized spacial score (nSPS) is 17.6. The van der Waals surface area contributed by atoms with Crippen LogP contribution in [0.5, 0.6) is 11.5 Å². The first-order chi connectivity index (χ1) is 15.3. The molecule has 1 saturated heterocycles. The number of benzene rings is 3. The molecule has 0 bridgehead atoms. The summed E-state index contributed by atoms with van der Waals surface area (Å²) in [5.41, 5.74) is 3.15. The largest absolute Gasteiger partial charge is 0.508 e. The van der Waals surface area contributed by atoms with Gasteiger partial charge in [0.15, 0.2) is 0 Å². The van der Waals surface area contributed by atoms with Gasteiger partial charge in [-0.1, -0.05) is 42.0 Å². The maximum atomic E-state index is 13.3. The molecule has 1 atom stereocenters. The van der Waals surface area contributed by atoms with Crippen LogP contribution in [0.25, 0.3) is 5.76 Å². The predicted octanol–water partition coefficient (Wildman–Crippen LogP) is 4.64. The Kier molecular flexibility index (Phi) is 5.45. The van der Waals surface area contributed by atoms with Crippen LogP contribution in [-0.4, -0.2) is 29.0 Å². The number of phenolic OH excluding ortho intramolecular Hbond substituents is 1. The number of hydrogen-bond donors (Lipinski definition) is 2. The van der Waals surface area contributed by atoms with Gasteiger partial charge in [0.05, 0.1) is 24.4 Å². The van der Waals surface area contributed by atoms with Gasteiger partial charge in [-0.05, 0) is 55.3 Å². The van der Waals surface area contributed by atoms with Crippen LogP contribution >= 0.6 is 0 Å². The molecule has 0 saturated carbocycles. The van der Waals surface area contributed by atoms with Gasteiger partial charge in [0.2, 0.25) is 0 Å². The van der Waals surface area contributed by atoms with Crippen molar-refractivity contribution in [3.8, 4) is 11.5 Å². The average molecular weight is 429 g/mol. The van der Waals surface area contributed by atoms with Crippen molar-refractivity contribution in [1.29, 1.82) is 0 Å². The molecular formula is C26H23NO5. The lowest BCUT2D eigenvalue weighted by molar-refractivity contribution is -0.132. The van der Waals surface area contributed by atoms with Crippen LogP contribution in [0, 0.1) is 13.8 Å². The third kappa shape index (κ3) is 3.50. The molecule has 1 amide bonds. The Morgan fingerprint density at radius 3 is 2.34 bits per heavy atom. The summed E-state index contributed by atoms with van der Waals surface area (Å²) in [4.78, 5) is 27.8. The first-order valence-corrected chi connectivity index (χ1v) is 10.1. The third-order valence-corrected chi connectivity index (χ3v) is 5.65. The molecule has 0 radical (unpaired) electrons. The Labute approximate surface area is 186 Å². The van der Waals surface area contributed by atoms with E-state index in [2.05, 4.69) is 0 Å². The number of methoxy groups -OCH3 is 1. The number of para-hydroxylation sites is 2. The van der Waals surface area contributed by atoms with Crippen molar-refractivity contribution in [1.82, 2.24) is 0 Å². The molecule has 3 aromatic rings. The molecule has 0 aromatic heterocycles. The van der Waals surface area contributed by atoms with E-state index in [1.165, 1.54) is 24.1 Å². The number of carbonyl (C=O) groups excluding carboxylic acids is 2. The number of aliphatic hydroxyl groups is 1. The van der Waals surface area contributed by atoms with Gasteiger partial charge < -0.3 is 14.9 Å². The van der Waals surface area contributed by atoms with E-state index in [4.69, 9.17) is 4.74 Å². The zero-order chi connectivity index (χ0) is 23.0. The molecule has 3 aromatic carbocycles. The number of aryl methyl sites for hydroxylation is 2. The third-order valence-electron chi connectivity index (χ3n) is 5.65. The Morgan fingerprint density at radius 2 is 1.66 bits per heavy atom. The number of ether oxygens (including phenoxy) is 1. The molecule has 32 heavy (non-hydrogen) atoms. The monoisotopic (exact) mass is 429 g/mol. The van der Waals surface area contributed by atoms with Crippen molar-refractivity contribution in [3.05, 3.63) is 94.6 Å². The first kappa shape index (κ1) is 21.2. The van der Waals surface area contributed by atoms with Crippen LogP contribution in [0.3, 0.4) is 0 Å². The smallest absolute Gasteiger partial charge is 0.300 e. The molecule has 0 aliphatic carbocycles. The van der Waals surface area contributed by atoms with Gasteiger partial charge in [-0.3, -0.25) is 14.5 Å². The van der Waals surface area contributed by atoms with E-state index >= 15 is 0 Å². The van der Waals surface area contributed by atoms with Crippen LogP contribution in [0.2, 0.25) is 0 Å². The van der Waals surface area contributed by atoms with Crippen molar-refractivity contribution >= 4 is 23.1 Å². The molecular weight excluding hydrogens is 406 g/mol. The minimum atomic E-state index is -0.896. The maximum absolute atomic E-state index is 13.3. The number of carbonyl (C=O) groups is 2. The van der Waals surface area contributed by atoms with E-state index < -0.39 is 17.7 Å². The lowest BCUT2D eigenvalue weighted by Gasteiger charge is -2.27. The van der Waals surface area contributed by atoms with E-state index in [1.54, 1.807) is 42.5 Å². The number of nitrogens with zero attached hydrogens (tertiary/aromatic N) is 1. The summed E-state index contributed by atoms with van der Waals surface area (Å²) in [7, 11) is 1.49. The number of hydrogen-bond acceptors (Lipinski definition) is 5. The van der Waals surface area contributed by atoms with Crippen LogP contribution in [-0.2, 0) is 9.59 Å². The topological polar surface area (TPSA) is 87.1 Å². The highest BCUT2D eigenvalue weighted by Gasteiger charge is 2.47. The van der Waals surface area contributed by atoms with Crippen molar-refractivity contribution < 1.29 is 24.5 Å². The standard InChI is InChI=1S/C26H23NO5/c1-15-8-9-16(2)19(14-15)24(29)22-23(17-10-12-18(28)13-11-17)27(26(31)25(22)30)20-6-4-5-7-21(20)32-3/h4-14,23,28-29H,1-3H3/b24-22+. The van der Waals surface area contributed by atoms with Crippen molar-refractivity contribution in [2.24, 2.45) is 0 Å². The summed E-state index contributed by atoms with van der Waals surface area (Å²) in [6.07, 6.45) is 0. The summed E-state index contributed by atoms with van der Waals surface area (Å²) < 4.78 is 5.44. The quantitative estimate of drug-likeness (QED) is 0.358. The molecule has 1 heterocycles. The zero-order valence-electron chi connectivity index (χ0n) is 18.0. The summed E-state index contributed by atoms with van der Waals surface area (Å²) >= 11 is 0. The SMILES string of the molecule is COc1ccccc1N1C(=O)C(=O)/C(=C(/O)c2cc(C)ccc2C)C1c1ccc(O)cc1. The lowest BCUT2D eigenvalue weighted by Crippen LogP contribution is -2.29. The van der Waals surface area contributed by atoms with Gasteiger partial charge in [-0.2, -0.15) is 0 Å². The summed E-state index contributed by atoms with van der Waals surface area (Å²) in [6.45, 7) is 3.72. The van der Waals surface area contributed by atoms with E-state index in [0.717, 1.165) is 11.1 Å². The highest BCUT2D eigenvalue weighted by atomic mass is 16.5. The summed E-state index contributed by atoms with van der Waals surface area (Å²) in [5.74, 6) is -1.31. The molecule has 162 valence electrons. The number of ketones is 1. The molecule has 6 nitrogen and oxygen atoms in total. The van der Waals surface area contributed by atoms with Gasteiger partial charge in [0.1, 0.15) is 17.3 Å². The van der Waals surface area contributed by atoms with Crippen LogP contribution in [0.4, 0.5) is 5.69 Å². The number of rotatable bonds is 4. The zero-order valence-corrected chi connectivity index (χ0v) is 18.0. The minimum absolute atomic E-state index is 0.0136. The molecule has 1 aliphatic rings. The highest BCUT2D eigenvalue weighted by Crippen LogP contribution is 2.45. The first-order valence-electron chi connectivity index (χ1n) is 10.1. The molecule has 6 heteroatoms. The number of aliphatic hydroxyl groups excluding tert-OH is 1. The average Bonchev–Trinajstić information content (AvgIpc) is 3.06. The van der Waals surface area contributed by atoms with Crippen molar-refractivity contribution in [3.63, 3.8) is 0 Å². The second-order valence-electron chi connectivity index (χ2n) is 7.75. The molecule has 0 spiro atoms. The number of aromatic hydroxyl groups is 1. The fourth-order valence-corrected chi connectivity index (χ4v) is 4.02.